The molecule has 158 valence electrons. The number of nitrogens with zero attached hydrogens (tertiary/aromatic N) is 2. The van der Waals surface area contributed by atoms with Gasteiger partial charge in [-0.2, -0.15) is 0 Å². The number of rotatable bonds is 5. The van der Waals surface area contributed by atoms with E-state index in [1.54, 1.807) is 4.90 Å². The topological polar surface area (TPSA) is 59.1 Å². The van der Waals surface area contributed by atoms with Crippen molar-refractivity contribution in [3.8, 4) is 0 Å². The first-order valence-electron chi connectivity index (χ1n) is 11.0. The monoisotopic (exact) mass is 400 g/mol. The summed E-state index contributed by atoms with van der Waals surface area (Å²) in [6.45, 7) is 2.79. The van der Waals surface area contributed by atoms with Crippen molar-refractivity contribution in [3.05, 3.63) is 35.9 Å². The van der Waals surface area contributed by atoms with Crippen LogP contribution in [-0.2, 0) is 25.7 Å². The van der Waals surface area contributed by atoms with E-state index in [-0.39, 0.29) is 36.4 Å². The van der Waals surface area contributed by atoms with Crippen molar-refractivity contribution in [2.24, 2.45) is 5.92 Å². The number of hydrogen-bond acceptors (Lipinski definition) is 4. The van der Waals surface area contributed by atoms with Gasteiger partial charge < -0.3 is 19.3 Å². The van der Waals surface area contributed by atoms with Crippen molar-refractivity contribution >= 4 is 11.8 Å². The third-order valence-corrected chi connectivity index (χ3v) is 6.41. The molecule has 1 aromatic carbocycles. The first-order valence-corrected chi connectivity index (χ1v) is 11.0. The summed E-state index contributed by atoms with van der Waals surface area (Å²) in [5.41, 5.74) is 1.11. The zero-order valence-corrected chi connectivity index (χ0v) is 17.1. The van der Waals surface area contributed by atoms with E-state index >= 15 is 0 Å². The van der Waals surface area contributed by atoms with Gasteiger partial charge in [-0.25, -0.2) is 0 Å². The average Bonchev–Trinajstić information content (AvgIpc) is 3.24. The number of hydrogen-bond donors (Lipinski definition) is 0. The molecule has 0 aromatic heterocycles. The van der Waals surface area contributed by atoms with Crippen molar-refractivity contribution in [2.75, 3.05) is 32.8 Å². The molecule has 6 heteroatoms. The summed E-state index contributed by atoms with van der Waals surface area (Å²) < 4.78 is 11.6. The standard InChI is InChI=1S/C23H32N2O4/c26-22-15-24(23(27)19-11-12-28-17-19)13-21(29-16-18-7-3-1-4-8-18)14-25(22)20-9-5-2-6-10-20/h1,3-4,7-8,19-21H,2,5-6,9-17H2/t19-,21+/m1/s1. The maximum Gasteiger partial charge on any atom is 0.242 e. The summed E-state index contributed by atoms with van der Waals surface area (Å²) in [4.78, 5) is 29.9. The molecular weight excluding hydrogens is 368 g/mol. The molecule has 6 nitrogen and oxygen atoms in total. The highest BCUT2D eigenvalue weighted by Gasteiger charge is 2.37. The van der Waals surface area contributed by atoms with Crippen molar-refractivity contribution in [1.82, 2.24) is 9.80 Å². The van der Waals surface area contributed by atoms with Gasteiger partial charge in [0.2, 0.25) is 11.8 Å². The van der Waals surface area contributed by atoms with Gasteiger partial charge in [0.05, 0.1) is 31.8 Å². The van der Waals surface area contributed by atoms with Gasteiger partial charge in [-0.3, -0.25) is 9.59 Å². The Bertz CT molecular complexity index is 683. The lowest BCUT2D eigenvalue weighted by atomic mass is 9.94. The molecule has 0 unspecified atom stereocenters. The van der Waals surface area contributed by atoms with Crippen LogP contribution in [0.15, 0.2) is 30.3 Å². The molecule has 2 saturated heterocycles. The summed E-state index contributed by atoms with van der Waals surface area (Å²) in [5.74, 6) is -0.0246. The molecule has 0 spiro atoms. The van der Waals surface area contributed by atoms with E-state index < -0.39 is 0 Å². The molecule has 3 fully saturated rings. The third-order valence-electron chi connectivity index (χ3n) is 6.41. The zero-order chi connectivity index (χ0) is 20.1. The fourth-order valence-corrected chi connectivity index (χ4v) is 4.74. The van der Waals surface area contributed by atoms with E-state index in [0.717, 1.165) is 24.8 Å². The highest BCUT2D eigenvalue weighted by molar-refractivity contribution is 5.86. The molecular formula is C23H32N2O4. The van der Waals surface area contributed by atoms with Crippen LogP contribution in [0.5, 0.6) is 0 Å². The Hall–Kier alpha value is -1.92. The summed E-state index contributed by atoms with van der Waals surface area (Å²) in [6.07, 6.45) is 6.28. The lowest BCUT2D eigenvalue weighted by molar-refractivity contribution is -0.142. The number of amides is 2. The van der Waals surface area contributed by atoms with Crippen LogP contribution < -0.4 is 0 Å². The molecule has 2 amide bonds. The highest BCUT2D eigenvalue weighted by Crippen LogP contribution is 2.26. The van der Waals surface area contributed by atoms with Crippen LogP contribution in [0.3, 0.4) is 0 Å². The third kappa shape index (κ3) is 5.17. The molecule has 3 aliphatic rings. The van der Waals surface area contributed by atoms with Crippen LogP contribution in [0, 0.1) is 5.92 Å². The average molecular weight is 401 g/mol. The van der Waals surface area contributed by atoms with Gasteiger partial charge in [-0.15, -0.1) is 0 Å². The minimum atomic E-state index is -0.171. The number of carbonyl (C=O) groups excluding carboxylic acids is 2. The molecule has 29 heavy (non-hydrogen) atoms. The fraction of sp³-hybridized carbons (Fsp3) is 0.652. The quantitative estimate of drug-likeness (QED) is 0.762. The van der Waals surface area contributed by atoms with Gasteiger partial charge in [-0.05, 0) is 24.8 Å². The second-order valence-electron chi connectivity index (χ2n) is 8.54. The molecule has 4 rings (SSSR count). The summed E-state index contributed by atoms with van der Waals surface area (Å²) in [7, 11) is 0. The van der Waals surface area contributed by atoms with Crippen LogP contribution in [-0.4, -0.2) is 66.6 Å². The van der Waals surface area contributed by atoms with Crippen LogP contribution in [0.25, 0.3) is 0 Å². The molecule has 0 bridgehead atoms. The van der Waals surface area contributed by atoms with Gasteiger partial charge in [-0.1, -0.05) is 49.6 Å². The Balaban J connectivity index is 1.48. The highest BCUT2D eigenvalue weighted by atomic mass is 16.5. The van der Waals surface area contributed by atoms with Gasteiger partial charge in [0.15, 0.2) is 0 Å². The van der Waals surface area contributed by atoms with E-state index in [9.17, 15) is 9.59 Å². The summed E-state index contributed by atoms with van der Waals surface area (Å²) in [6, 6.07) is 10.4. The molecule has 0 radical (unpaired) electrons. The smallest absolute Gasteiger partial charge is 0.242 e. The Morgan fingerprint density at radius 2 is 1.86 bits per heavy atom. The SMILES string of the molecule is O=C([C@@H]1CCOC1)N1CC(=O)N(C2CCCCC2)C[C@@H](OCc2ccccc2)C1. The molecule has 1 aromatic rings. The predicted octanol–water partition coefficient (Wildman–Crippen LogP) is 2.61. The van der Waals surface area contributed by atoms with Gasteiger partial charge in [0.25, 0.3) is 0 Å². The summed E-state index contributed by atoms with van der Waals surface area (Å²) in [5, 5.41) is 0. The van der Waals surface area contributed by atoms with Gasteiger partial charge in [0, 0.05) is 25.7 Å². The van der Waals surface area contributed by atoms with E-state index in [4.69, 9.17) is 9.47 Å². The van der Waals surface area contributed by atoms with Crippen molar-refractivity contribution in [3.63, 3.8) is 0 Å². The minimum absolute atomic E-state index is 0.0367. The van der Waals surface area contributed by atoms with Gasteiger partial charge >= 0.3 is 0 Å². The molecule has 1 saturated carbocycles. The van der Waals surface area contributed by atoms with Crippen LogP contribution in [0.2, 0.25) is 0 Å². The zero-order valence-electron chi connectivity index (χ0n) is 17.1. The lowest BCUT2D eigenvalue weighted by Gasteiger charge is -2.34. The Kier molecular flexibility index (Phi) is 6.82. The number of ether oxygens (including phenoxy) is 2. The van der Waals surface area contributed by atoms with Gasteiger partial charge in [0.1, 0.15) is 0 Å². The second-order valence-corrected chi connectivity index (χ2v) is 8.54. The molecule has 2 heterocycles. The molecule has 1 aliphatic carbocycles. The van der Waals surface area contributed by atoms with Crippen molar-refractivity contribution < 1.29 is 19.1 Å². The van der Waals surface area contributed by atoms with E-state index in [2.05, 4.69) is 0 Å². The largest absolute Gasteiger partial charge is 0.381 e. The Morgan fingerprint density at radius 3 is 2.59 bits per heavy atom. The summed E-state index contributed by atoms with van der Waals surface area (Å²) >= 11 is 0. The Labute approximate surface area is 173 Å². The normalized spacial score (nSPS) is 26.6. The second kappa shape index (κ2) is 9.72. The van der Waals surface area contributed by atoms with Crippen molar-refractivity contribution in [2.45, 2.75) is 57.3 Å². The minimum Gasteiger partial charge on any atom is -0.381 e. The van der Waals surface area contributed by atoms with E-state index in [1.165, 1.54) is 19.3 Å². The fourth-order valence-electron chi connectivity index (χ4n) is 4.74. The molecule has 0 N–H and O–H groups in total. The lowest BCUT2D eigenvalue weighted by Crippen LogP contribution is -2.46. The first-order chi connectivity index (χ1) is 14.2. The number of carbonyl (C=O) groups is 2. The molecule has 2 atom stereocenters. The van der Waals surface area contributed by atoms with Crippen LogP contribution >= 0.6 is 0 Å². The number of benzene rings is 1. The van der Waals surface area contributed by atoms with Crippen LogP contribution in [0.4, 0.5) is 0 Å². The van der Waals surface area contributed by atoms with E-state index in [0.29, 0.717) is 32.9 Å². The Morgan fingerprint density at radius 1 is 1.07 bits per heavy atom. The maximum absolute atomic E-state index is 13.1. The molecule has 2 aliphatic heterocycles. The first kappa shape index (κ1) is 20.4. The van der Waals surface area contributed by atoms with E-state index in [1.807, 2.05) is 35.2 Å². The van der Waals surface area contributed by atoms with Crippen molar-refractivity contribution in [1.29, 1.82) is 0 Å². The maximum atomic E-state index is 13.1. The predicted molar refractivity (Wildman–Crippen MR) is 109 cm³/mol. The van der Waals surface area contributed by atoms with Crippen LogP contribution in [0.1, 0.15) is 44.1 Å².